The SMILES string of the molecule is CS(=O)(=O)c1ncc(C[C@H](NC(=O)c2c(Cl)cc3c(c2Cl)CCN(C(=O)c2ccc4ccoc4c2)C3)C(=O)O)[nH]1. The van der Waals surface area contributed by atoms with Crippen LogP contribution in [0.2, 0.25) is 10.0 Å². The molecule has 1 atom stereocenters. The predicted octanol–water partition coefficient (Wildman–Crippen LogP) is 3.49. The first-order valence-corrected chi connectivity index (χ1v) is 14.6. The molecule has 1 aliphatic heterocycles. The fraction of sp³-hybridized carbons (Fsp3) is 0.231. The van der Waals surface area contributed by atoms with Gasteiger partial charge in [0, 0.05) is 48.6 Å². The zero-order valence-electron chi connectivity index (χ0n) is 20.9. The van der Waals surface area contributed by atoms with Gasteiger partial charge in [-0.25, -0.2) is 18.2 Å². The third-order valence-corrected chi connectivity index (χ3v) is 8.23. The number of furan rings is 1. The normalized spacial score (nSPS) is 14.1. The zero-order valence-corrected chi connectivity index (χ0v) is 23.2. The number of carbonyl (C=O) groups is 3. The summed E-state index contributed by atoms with van der Waals surface area (Å²) < 4.78 is 28.7. The van der Waals surface area contributed by atoms with E-state index >= 15 is 0 Å². The van der Waals surface area contributed by atoms with Crippen LogP contribution in [0.15, 0.2) is 52.4 Å². The lowest BCUT2D eigenvalue weighted by Crippen LogP contribution is -2.43. The number of sulfone groups is 1. The maximum atomic E-state index is 13.2. The van der Waals surface area contributed by atoms with Gasteiger partial charge in [-0.15, -0.1) is 0 Å². The second-order valence-corrected chi connectivity index (χ2v) is 12.1. The van der Waals surface area contributed by atoms with Gasteiger partial charge in [-0.05, 0) is 41.8 Å². The lowest BCUT2D eigenvalue weighted by Gasteiger charge is -2.30. The van der Waals surface area contributed by atoms with Crippen molar-refractivity contribution in [2.45, 2.75) is 30.6 Å². The molecule has 208 valence electrons. The van der Waals surface area contributed by atoms with E-state index in [9.17, 15) is 27.9 Å². The number of amides is 2. The van der Waals surface area contributed by atoms with Gasteiger partial charge in [0.25, 0.3) is 11.8 Å². The first kappa shape index (κ1) is 27.7. The Morgan fingerprint density at radius 3 is 2.70 bits per heavy atom. The van der Waals surface area contributed by atoms with Gasteiger partial charge in [-0.2, -0.15) is 0 Å². The molecule has 0 spiro atoms. The highest BCUT2D eigenvalue weighted by Crippen LogP contribution is 2.35. The van der Waals surface area contributed by atoms with Crippen LogP contribution in [-0.4, -0.2) is 65.0 Å². The third-order valence-electron chi connectivity index (χ3n) is 6.61. The van der Waals surface area contributed by atoms with Crippen LogP contribution in [-0.2, 0) is 34.0 Å². The highest BCUT2D eigenvalue weighted by Gasteiger charge is 2.30. The topological polar surface area (TPSA) is 163 Å². The maximum Gasteiger partial charge on any atom is 0.326 e. The summed E-state index contributed by atoms with van der Waals surface area (Å²) in [5, 5.41) is 12.7. The summed E-state index contributed by atoms with van der Waals surface area (Å²) in [7, 11) is -3.62. The summed E-state index contributed by atoms with van der Waals surface area (Å²) in [4.78, 5) is 46.1. The molecule has 5 rings (SSSR count). The molecular weight excluding hydrogens is 583 g/mol. The first-order chi connectivity index (χ1) is 18.9. The summed E-state index contributed by atoms with van der Waals surface area (Å²) in [5.41, 5.74) is 2.50. The number of hydrogen-bond acceptors (Lipinski definition) is 7. The van der Waals surface area contributed by atoms with E-state index in [1.165, 1.54) is 6.20 Å². The van der Waals surface area contributed by atoms with Crippen LogP contribution in [0.3, 0.4) is 0 Å². The largest absolute Gasteiger partial charge is 0.480 e. The number of fused-ring (bicyclic) bond motifs is 2. The van der Waals surface area contributed by atoms with Crippen LogP contribution in [0.4, 0.5) is 0 Å². The zero-order chi connectivity index (χ0) is 28.8. The minimum atomic E-state index is -3.62. The lowest BCUT2D eigenvalue weighted by molar-refractivity contribution is -0.139. The highest BCUT2D eigenvalue weighted by molar-refractivity contribution is 7.90. The number of benzene rings is 2. The van der Waals surface area contributed by atoms with E-state index in [0.717, 1.165) is 11.6 Å². The minimum absolute atomic E-state index is 0.00223. The van der Waals surface area contributed by atoms with Crippen molar-refractivity contribution < 1.29 is 32.3 Å². The molecule has 0 fully saturated rings. The molecule has 0 saturated carbocycles. The van der Waals surface area contributed by atoms with Crippen molar-refractivity contribution >= 4 is 61.8 Å². The van der Waals surface area contributed by atoms with Gasteiger partial charge in [0.1, 0.15) is 11.6 Å². The smallest absolute Gasteiger partial charge is 0.326 e. The van der Waals surface area contributed by atoms with Gasteiger partial charge in [0.15, 0.2) is 0 Å². The molecule has 11 nitrogen and oxygen atoms in total. The number of carboxylic acid groups (broad SMARTS) is 1. The van der Waals surface area contributed by atoms with E-state index in [4.69, 9.17) is 27.6 Å². The molecular formula is C26H22Cl2N4O7S. The Morgan fingerprint density at radius 1 is 1.23 bits per heavy atom. The van der Waals surface area contributed by atoms with Crippen LogP contribution in [0, 0.1) is 0 Å². The van der Waals surface area contributed by atoms with Crippen LogP contribution >= 0.6 is 23.2 Å². The molecule has 0 radical (unpaired) electrons. The Bertz CT molecular complexity index is 1780. The Morgan fingerprint density at radius 2 is 2.00 bits per heavy atom. The first-order valence-electron chi connectivity index (χ1n) is 12.0. The van der Waals surface area contributed by atoms with Crippen molar-refractivity contribution in [3.8, 4) is 0 Å². The number of imidazole rings is 1. The van der Waals surface area contributed by atoms with E-state index in [1.54, 1.807) is 29.4 Å². The van der Waals surface area contributed by atoms with Crippen LogP contribution in [0.25, 0.3) is 11.0 Å². The van der Waals surface area contributed by atoms with Crippen molar-refractivity contribution in [3.63, 3.8) is 0 Å². The number of hydrogen-bond donors (Lipinski definition) is 3. The summed E-state index contributed by atoms with van der Waals surface area (Å²) in [6, 6.07) is 7.16. The fourth-order valence-corrected chi connectivity index (χ4v) is 5.91. The number of nitrogens with one attached hydrogen (secondary N) is 2. The number of halogens is 2. The summed E-state index contributed by atoms with van der Waals surface area (Å²) >= 11 is 13.1. The molecule has 4 aromatic rings. The van der Waals surface area contributed by atoms with Crippen molar-refractivity contribution in [3.05, 3.63) is 80.8 Å². The van der Waals surface area contributed by atoms with Crippen LogP contribution < -0.4 is 5.32 Å². The summed E-state index contributed by atoms with van der Waals surface area (Å²) in [6.07, 6.45) is 3.80. The third kappa shape index (κ3) is 5.42. The molecule has 0 bridgehead atoms. The van der Waals surface area contributed by atoms with E-state index in [1.807, 2.05) is 12.1 Å². The molecule has 2 aromatic carbocycles. The number of carboxylic acids is 1. The molecule has 2 aromatic heterocycles. The number of aromatic amines is 1. The lowest BCUT2D eigenvalue weighted by atomic mass is 9.95. The standard InChI is InChI=1S/C26H22Cl2N4O7S/c1-40(37,38)26-29-11-16(30-26)10-19(25(35)36)31-23(33)21-18(27)8-15-12-32(6-4-17(15)22(21)28)24(34)14-3-2-13-5-7-39-20(13)9-14/h2-3,5,7-9,11,19H,4,6,10,12H2,1H3,(H,29,30)(H,31,33)(H,35,36)/t19-/m0/s1. The quantitative estimate of drug-likeness (QED) is 0.288. The number of aliphatic carboxylic acids is 1. The molecule has 0 unspecified atom stereocenters. The number of nitrogens with zero attached hydrogens (tertiary/aromatic N) is 2. The number of carbonyl (C=O) groups excluding carboxylic acids is 2. The van der Waals surface area contributed by atoms with Gasteiger partial charge in [0.2, 0.25) is 15.0 Å². The second kappa shape index (κ2) is 10.6. The molecule has 14 heteroatoms. The minimum Gasteiger partial charge on any atom is -0.480 e. The molecule has 0 saturated heterocycles. The van der Waals surface area contributed by atoms with Gasteiger partial charge in [-0.1, -0.05) is 29.3 Å². The molecule has 40 heavy (non-hydrogen) atoms. The van der Waals surface area contributed by atoms with Crippen molar-refractivity contribution in [1.29, 1.82) is 0 Å². The molecule has 3 N–H and O–H groups in total. The average Bonchev–Trinajstić information content (AvgIpc) is 3.56. The average molecular weight is 605 g/mol. The Balaban J connectivity index is 1.34. The Labute approximate surface area is 238 Å². The van der Waals surface area contributed by atoms with Crippen LogP contribution in [0.5, 0.6) is 0 Å². The summed E-state index contributed by atoms with van der Waals surface area (Å²) in [5.74, 6) is -2.35. The molecule has 1 aliphatic rings. The number of H-pyrrole nitrogens is 1. The van der Waals surface area contributed by atoms with E-state index in [2.05, 4.69) is 15.3 Å². The van der Waals surface area contributed by atoms with Crippen LogP contribution in [0.1, 0.15) is 37.5 Å². The van der Waals surface area contributed by atoms with E-state index < -0.39 is 27.8 Å². The number of aromatic nitrogens is 2. The van der Waals surface area contributed by atoms with Crippen molar-refractivity contribution in [2.75, 3.05) is 12.8 Å². The van der Waals surface area contributed by atoms with Gasteiger partial charge >= 0.3 is 5.97 Å². The fourth-order valence-electron chi connectivity index (χ4n) is 4.58. The monoisotopic (exact) mass is 604 g/mol. The molecule has 2 amide bonds. The second-order valence-electron chi connectivity index (χ2n) is 9.39. The van der Waals surface area contributed by atoms with Gasteiger partial charge < -0.3 is 24.7 Å². The molecule has 3 heterocycles. The van der Waals surface area contributed by atoms with E-state index in [-0.39, 0.29) is 45.3 Å². The predicted molar refractivity (Wildman–Crippen MR) is 145 cm³/mol. The van der Waals surface area contributed by atoms with Gasteiger partial charge in [0.05, 0.1) is 21.9 Å². The Hall–Kier alpha value is -3.87. The number of rotatable bonds is 7. The van der Waals surface area contributed by atoms with E-state index in [0.29, 0.717) is 35.2 Å². The summed E-state index contributed by atoms with van der Waals surface area (Å²) in [6.45, 7) is 0.552. The maximum absolute atomic E-state index is 13.2. The van der Waals surface area contributed by atoms with Crippen molar-refractivity contribution in [2.24, 2.45) is 0 Å². The Kier molecular flexibility index (Phi) is 7.34. The van der Waals surface area contributed by atoms with Gasteiger partial charge in [-0.3, -0.25) is 9.59 Å². The molecule has 0 aliphatic carbocycles. The highest BCUT2D eigenvalue weighted by atomic mass is 35.5. The van der Waals surface area contributed by atoms with Crippen molar-refractivity contribution in [1.82, 2.24) is 20.2 Å².